The number of rotatable bonds is 6. The van der Waals surface area contributed by atoms with Crippen molar-refractivity contribution >= 4 is 11.9 Å². The van der Waals surface area contributed by atoms with Crippen molar-refractivity contribution in [2.45, 2.75) is 39.7 Å². The van der Waals surface area contributed by atoms with Crippen molar-refractivity contribution in [1.82, 2.24) is 4.90 Å². The van der Waals surface area contributed by atoms with Crippen LogP contribution < -0.4 is 0 Å². The van der Waals surface area contributed by atoms with Crippen LogP contribution in [0.4, 0.5) is 0 Å². The van der Waals surface area contributed by atoms with Crippen LogP contribution in [-0.2, 0) is 20.9 Å². The van der Waals surface area contributed by atoms with E-state index in [0.717, 1.165) is 22.3 Å². The quantitative estimate of drug-likeness (QED) is 0.508. The summed E-state index contributed by atoms with van der Waals surface area (Å²) >= 11 is 0. The van der Waals surface area contributed by atoms with Gasteiger partial charge in [0.15, 0.2) is 0 Å². The van der Waals surface area contributed by atoms with E-state index in [1.165, 1.54) is 6.08 Å². The van der Waals surface area contributed by atoms with Crippen molar-refractivity contribution < 1.29 is 14.3 Å². The molecule has 0 saturated heterocycles. The molecule has 2 aromatic carbocycles. The summed E-state index contributed by atoms with van der Waals surface area (Å²) in [6.07, 6.45) is 1.69. The molecule has 1 amide bonds. The van der Waals surface area contributed by atoms with Crippen LogP contribution in [-0.4, -0.2) is 23.4 Å². The smallest absolute Gasteiger partial charge is 0.336 e. The molecule has 2 aromatic rings. The molecule has 5 nitrogen and oxygen atoms in total. The molecular formula is C26H26N2O3. The Kier molecular flexibility index (Phi) is 6.71. The second-order valence-electron chi connectivity index (χ2n) is 7.75. The van der Waals surface area contributed by atoms with E-state index in [1.54, 1.807) is 24.0 Å². The monoisotopic (exact) mass is 414 g/mol. The Bertz CT molecular complexity index is 1110. The van der Waals surface area contributed by atoms with Crippen molar-refractivity contribution in [2.24, 2.45) is 0 Å². The van der Waals surface area contributed by atoms with Crippen LogP contribution in [0.25, 0.3) is 0 Å². The average molecular weight is 415 g/mol. The van der Waals surface area contributed by atoms with Crippen molar-refractivity contribution in [2.75, 3.05) is 6.61 Å². The zero-order chi connectivity index (χ0) is 22.5. The fourth-order valence-corrected chi connectivity index (χ4v) is 4.02. The van der Waals surface area contributed by atoms with E-state index in [2.05, 4.69) is 12.6 Å². The molecule has 3 rings (SSSR count). The van der Waals surface area contributed by atoms with E-state index in [4.69, 9.17) is 4.74 Å². The van der Waals surface area contributed by atoms with Gasteiger partial charge >= 0.3 is 5.97 Å². The molecule has 1 atom stereocenters. The van der Waals surface area contributed by atoms with Crippen LogP contribution in [0.5, 0.6) is 0 Å². The number of ether oxygens (including phenoxy) is 1. The molecule has 0 spiro atoms. The number of benzene rings is 2. The summed E-state index contributed by atoms with van der Waals surface area (Å²) in [6.45, 7) is 9.69. The number of hydrogen-bond acceptors (Lipinski definition) is 4. The highest BCUT2D eigenvalue weighted by Crippen LogP contribution is 2.39. The zero-order valence-electron chi connectivity index (χ0n) is 18.1. The first-order valence-corrected chi connectivity index (χ1v) is 10.2. The highest BCUT2D eigenvalue weighted by Gasteiger charge is 2.37. The van der Waals surface area contributed by atoms with Crippen molar-refractivity contribution in [1.29, 1.82) is 5.26 Å². The van der Waals surface area contributed by atoms with Crippen LogP contribution in [0.2, 0.25) is 0 Å². The van der Waals surface area contributed by atoms with Gasteiger partial charge in [-0.3, -0.25) is 4.79 Å². The van der Waals surface area contributed by atoms with E-state index in [9.17, 15) is 14.9 Å². The normalized spacial score (nSPS) is 16.1. The van der Waals surface area contributed by atoms with Crippen molar-refractivity contribution in [3.05, 3.63) is 94.2 Å². The molecule has 0 radical (unpaired) electrons. The molecular weight excluding hydrogens is 388 g/mol. The maximum atomic E-state index is 13.2. The van der Waals surface area contributed by atoms with Gasteiger partial charge in [-0.1, -0.05) is 54.6 Å². The van der Waals surface area contributed by atoms with Crippen LogP contribution in [0.15, 0.2) is 66.4 Å². The van der Waals surface area contributed by atoms with Gasteiger partial charge in [-0.15, -0.1) is 0 Å². The Labute approximate surface area is 183 Å². The lowest BCUT2D eigenvalue weighted by Gasteiger charge is -2.35. The minimum atomic E-state index is -0.450. The van der Waals surface area contributed by atoms with E-state index < -0.39 is 5.97 Å². The molecule has 31 heavy (non-hydrogen) atoms. The largest absolute Gasteiger partial charge is 0.458 e. The van der Waals surface area contributed by atoms with Crippen molar-refractivity contribution in [3.63, 3.8) is 0 Å². The molecule has 5 heteroatoms. The number of esters is 1. The molecule has 1 aliphatic rings. The molecule has 0 N–H and O–H groups in total. The van der Waals surface area contributed by atoms with Gasteiger partial charge in [0.1, 0.15) is 6.61 Å². The van der Waals surface area contributed by atoms with Gasteiger partial charge in [-0.2, -0.15) is 5.26 Å². The van der Waals surface area contributed by atoms with E-state index >= 15 is 0 Å². The number of carbonyl (C=O) groups is 2. The van der Waals surface area contributed by atoms with Gasteiger partial charge in [0, 0.05) is 18.0 Å². The Morgan fingerprint density at radius 1 is 1.26 bits per heavy atom. The van der Waals surface area contributed by atoms with Crippen LogP contribution in [0.1, 0.15) is 47.1 Å². The number of hydrogen-bond donors (Lipinski definition) is 0. The molecule has 0 bridgehead atoms. The molecule has 1 aliphatic heterocycles. The first-order chi connectivity index (χ1) is 14.9. The standard InChI is InChI=1S/C26H26N2O3/c1-5-12-31-26(30)25-19(4)28(16-21-9-7-6-8-20(21)15-27)24(29)14-23(25)22-13-17(2)10-11-18(22)3/h5-11,13,23H,1,12,14,16H2,2-4H3. The maximum absolute atomic E-state index is 13.2. The third-order valence-electron chi connectivity index (χ3n) is 5.65. The minimum Gasteiger partial charge on any atom is -0.458 e. The molecule has 0 aliphatic carbocycles. The molecule has 1 unspecified atom stereocenters. The Morgan fingerprint density at radius 2 is 2.00 bits per heavy atom. The topological polar surface area (TPSA) is 70.4 Å². The molecule has 158 valence electrons. The van der Waals surface area contributed by atoms with Crippen molar-refractivity contribution in [3.8, 4) is 6.07 Å². The summed E-state index contributed by atoms with van der Waals surface area (Å²) < 4.78 is 5.40. The predicted octanol–water partition coefficient (Wildman–Crippen LogP) is 4.69. The Morgan fingerprint density at radius 3 is 2.71 bits per heavy atom. The Balaban J connectivity index is 2.10. The first-order valence-electron chi connectivity index (χ1n) is 10.2. The Hall–Kier alpha value is -3.65. The summed E-state index contributed by atoms with van der Waals surface area (Å²) in [4.78, 5) is 27.9. The fraction of sp³-hybridized carbons (Fsp3) is 0.269. The lowest BCUT2D eigenvalue weighted by atomic mass is 9.81. The van der Waals surface area contributed by atoms with Gasteiger partial charge in [0.25, 0.3) is 0 Å². The van der Waals surface area contributed by atoms with E-state index in [-0.39, 0.29) is 31.4 Å². The molecule has 0 fully saturated rings. The number of nitrogens with zero attached hydrogens (tertiary/aromatic N) is 2. The second kappa shape index (κ2) is 9.44. The summed E-state index contributed by atoms with van der Waals surface area (Å²) in [5.74, 6) is -0.919. The van der Waals surface area contributed by atoms with Gasteiger partial charge in [0.05, 0.1) is 23.8 Å². The number of aryl methyl sites for hydroxylation is 2. The predicted molar refractivity (Wildman–Crippen MR) is 119 cm³/mol. The summed E-state index contributed by atoms with van der Waals surface area (Å²) in [5, 5.41) is 9.42. The lowest BCUT2D eigenvalue weighted by molar-refractivity contribution is -0.139. The molecule has 1 heterocycles. The van der Waals surface area contributed by atoms with E-state index in [1.807, 2.05) is 44.2 Å². The third-order valence-corrected chi connectivity index (χ3v) is 5.65. The van der Waals surface area contributed by atoms with Crippen LogP contribution >= 0.6 is 0 Å². The number of amides is 1. The second-order valence-corrected chi connectivity index (χ2v) is 7.75. The number of carbonyl (C=O) groups excluding carboxylic acids is 2. The van der Waals surface area contributed by atoms with Crippen LogP contribution in [0.3, 0.4) is 0 Å². The van der Waals surface area contributed by atoms with E-state index in [0.29, 0.717) is 16.8 Å². The number of allylic oxidation sites excluding steroid dienone is 1. The zero-order valence-corrected chi connectivity index (χ0v) is 18.1. The SMILES string of the molecule is C=CCOC(=O)C1=C(C)N(Cc2ccccc2C#N)C(=O)CC1c1cc(C)ccc1C. The maximum Gasteiger partial charge on any atom is 0.336 e. The van der Waals surface area contributed by atoms with Gasteiger partial charge in [-0.25, -0.2) is 4.79 Å². The highest BCUT2D eigenvalue weighted by molar-refractivity contribution is 5.96. The molecule has 0 aromatic heterocycles. The molecule has 0 saturated carbocycles. The van der Waals surface area contributed by atoms with Gasteiger partial charge in [0.2, 0.25) is 5.91 Å². The highest BCUT2D eigenvalue weighted by atomic mass is 16.5. The minimum absolute atomic E-state index is 0.0866. The summed E-state index contributed by atoms with van der Waals surface area (Å²) in [5.41, 5.74) is 5.32. The van der Waals surface area contributed by atoms with Gasteiger partial charge < -0.3 is 9.64 Å². The fourth-order valence-electron chi connectivity index (χ4n) is 4.02. The third kappa shape index (κ3) is 4.59. The average Bonchev–Trinajstić information content (AvgIpc) is 2.76. The van der Waals surface area contributed by atoms with Crippen LogP contribution in [0, 0.1) is 25.2 Å². The number of nitriles is 1. The van der Waals surface area contributed by atoms with Gasteiger partial charge in [-0.05, 0) is 43.5 Å². The lowest BCUT2D eigenvalue weighted by Crippen LogP contribution is -2.38. The summed E-state index contributed by atoms with van der Waals surface area (Å²) in [7, 11) is 0. The first kappa shape index (κ1) is 22.0. The summed E-state index contributed by atoms with van der Waals surface area (Å²) in [6, 6.07) is 15.4.